The highest BCUT2D eigenvalue weighted by molar-refractivity contribution is 5.51. The summed E-state index contributed by atoms with van der Waals surface area (Å²) < 4.78 is 12.5. The minimum Gasteiger partial charge on any atom is -0.332 e. The molecule has 0 aromatic heterocycles. The van der Waals surface area contributed by atoms with E-state index in [-0.39, 0.29) is 5.83 Å². The van der Waals surface area contributed by atoms with Crippen LogP contribution in [0.2, 0.25) is 0 Å². The number of rotatable bonds is 2. The van der Waals surface area contributed by atoms with Gasteiger partial charge in [0.05, 0.1) is 0 Å². The van der Waals surface area contributed by atoms with Gasteiger partial charge in [0.15, 0.2) is 0 Å². The molecule has 3 heteroatoms. The fraction of sp³-hybridized carbons (Fsp3) is 0.125. The maximum atomic E-state index is 12.5. The number of hydrogen-bond donors (Lipinski definition) is 1. The van der Waals surface area contributed by atoms with Crippen molar-refractivity contribution in [3.63, 3.8) is 0 Å². The van der Waals surface area contributed by atoms with Gasteiger partial charge in [0.1, 0.15) is 5.83 Å². The predicted octanol–water partition coefficient (Wildman–Crippen LogP) is 1.43. The molecule has 0 fully saturated rings. The molecule has 1 rings (SSSR count). The van der Waals surface area contributed by atoms with Crippen LogP contribution in [0.15, 0.2) is 35.8 Å². The Bertz CT molecular complexity index is 240. The van der Waals surface area contributed by atoms with Crippen LogP contribution in [0.5, 0.6) is 0 Å². The van der Waals surface area contributed by atoms with Crippen LogP contribution >= 0.6 is 0 Å². The minimum absolute atomic E-state index is 0.298. The van der Waals surface area contributed by atoms with Crippen LogP contribution in [-0.2, 0) is 4.79 Å². The number of carbonyl (C=O) groups is 1. The van der Waals surface area contributed by atoms with Gasteiger partial charge in [-0.3, -0.25) is 4.79 Å². The number of allylic oxidation sites excluding steroid dienone is 5. The molecule has 58 valence electrons. The van der Waals surface area contributed by atoms with Gasteiger partial charge in [-0.2, -0.15) is 0 Å². The first kappa shape index (κ1) is 7.72. The fourth-order valence-corrected chi connectivity index (χ4v) is 0.785. The van der Waals surface area contributed by atoms with E-state index in [0.29, 0.717) is 18.5 Å². The van der Waals surface area contributed by atoms with Gasteiger partial charge in [0.2, 0.25) is 6.41 Å². The van der Waals surface area contributed by atoms with E-state index in [1.807, 2.05) is 0 Å². The lowest BCUT2D eigenvalue weighted by molar-refractivity contribution is -0.108. The Hall–Kier alpha value is -1.38. The Labute approximate surface area is 64.1 Å². The number of nitrogens with one attached hydrogen (secondary N) is 1. The van der Waals surface area contributed by atoms with Crippen LogP contribution in [0, 0.1) is 0 Å². The molecule has 0 aromatic carbocycles. The van der Waals surface area contributed by atoms with Crippen molar-refractivity contribution in [3.8, 4) is 0 Å². The summed E-state index contributed by atoms with van der Waals surface area (Å²) in [5, 5.41) is 2.46. The Balaban J connectivity index is 2.69. The molecule has 0 aliphatic heterocycles. The molecule has 1 N–H and O–H groups in total. The van der Waals surface area contributed by atoms with E-state index in [0.717, 1.165) is 0 Å². The Morgan fingerprint density at radius 1 is 1.55 bits per heavy atom. The average molecular weight is 153 g/mol. The summed E-state index contributed by atoms with van der Waals surface area (Å²) in [7, 11) is 0. The summed E-state index contributed by atoms with van der Waals surface area (Å²) in [5.74, 6) is -0.298. The molecule has 0 saturated heterocycles. The third kappa shape index (κ3) is 2.37. The van der Waals surface area contributed by atoms with E-state index in [2.05, 4.69) is 5.32 Å². The zero-order valence-electron chi connectivity index (χ0n) is 5.88. The van der Waals surface area contributed by atoms with Crippen LogP contribution in [0.3, 0.4) is 0 Å². The molecule has 11 heavy (non-hydrogen) atoms. The predicted molar refractivity (Wildman–Crippen MR) is 40.2 cm³/mol. The Kier molecular flexibility index (Phi) is 2.60. The molecule has 0 bridgehead atoms. The molecule has 0 unspecified atom stereocenters. The molecule has 0 saturated carbocycles. The van der Waals surface area contributed by atoms with E-state index in [9.17, 15) is 9.18 Å². The largest absolute Gasteiger partial charge is 0.332 e. The highest BCUT2D eigenvalue weighted by Gasteiger charge is 1.95. The van der Waals surface area contributed by atoms with E-state index in [1.165, 1.54) is 12.2 Å². The van der Waals surface area contributed by atoms with E-state index in [1.54, 1.807) is 12.2 Å². The number of carbonyl (C=O) groups excluding carboxylic acids is 1. The molecule has 0 radical (unpaired) electrons. The zero-order valence-corrected chi connectivity index (χ0v) is 5.88. The first-order valence-electron chi connectivity index (χ1n) is 3.26. The molecule has 0 aromatic rings. The first-order valence-corrected chi connectivity index (χ1v) is 3.26. The van der Waals surface area contributed by atoms with Gasteiger partial charge in [-0.05, 0) is 18.2 Å². The molecule has 1 aliphatic carbocycles. The molecular weight excluding hydrogens is 145 g/mol. The average Bonchev–Trinajstić information content (AvgIpc) is 2.17. The minimum atomic E-state index is -0.298. The second kappa shape index (κ2) is 3.71. The van der Waals surface area contributed by atoms with Gasteiger partial charge in [-0.15, -0.1) is 0 Å². The third-order valence-electron chi connectivity index (χ3n) is 1.30. The molecule has 0 atom stereocenters. The molecule has 1 amide bonds. The van der Waals surface area contributed by atoms with Gasteiger partial charge >= 0.3 is 0 Å². The molecule has 1 aliphatic rings. The summed E-state index contributed by atoms with van der Waals surface area (Å²) in [4.78, 5) is 9.98. The summed E-state index contributed by atoms with van der Waals surface area (Å²) in [6, 6.07) is 0. The normalized spacial score (nSPS) is 16.5. The first-order chi connectivity index (χ1) is 5.33. The summed E-state index contributed by atoms with van der Waals surface area (Å²) >= 11 is 0. The lowest BCUT2D eigenvalue weighted by atomic mass is 10.3. The van der Waals surface area contributed by atoms with Gasteiger partial charge in [-0.1, -0.05) is 6.08 Å². The van der Waals surface area contributed by atoms with Crippen LogP contribution in [-0.4, -0.2) is 6.41 Å². The maximum Gasteiger partial charge on any atom is 0.211 e. The van der Waals surface area contributed by atoms with E-state index >= 15 is 0 Å². The van der Waals surface area contributed by atoms with E-state index in [4.69, 9.17) is 0 Å². The van der Waals surface area contributed by atoms with Crippen molar-refractivity contribution in [3.05, 3.63) is 35.8 Å². The van der Waals surface area contributed by atoms with Gasteiger partial charge in [-0.25, -0.2) is 4.39 Å². The van der Waals surface area contributed by atoms with Crippen LogP contribution in [0.4, 0.5) is 4.39 Å². The SMILES string of the molecule is O=CNC1=CC=C(F)C=CC1. The van der Waals surface area contributed by atoms with Crippen molar-refractivity contribution >= 4 is 6.41 Å². The van der Waals surface area contributed by atoms with E-state index < -0.39 is 0 Å². The lowest BCUT2D eigenvalue weighted by Crippen LogP contribution is -2.08. The fourth-order valence-electron chi connectivity index (χ4n) is 0.785. The summed E-state index contributed by atoms with van der Waals surface area (Å²) in [6.45, 7) is 0. The van der Waals surface area contributed by atoms with Crippen LogP contribution in [0.1, 0.15) is 6.42 Å². The highest BCUT2D eigenvalue weighted by Crippen LogP contribution is 2.08. The standard InChI is InChI=1S/C8H8FNO/c9-7-2-1-3-8(5-4-7)10-6-11/h1-2,4-6H,3H2,(H,10,11). The van der Waals surface area contributed by atoms with Crippen molar-refractivity contribution in [2.24, 2.45) is 0 Å². The summed E-state index contributed by atoms with van der Waals surface area (Å²) in [6.07, 6.45) is 7.02. The third-order valence-corrected chi connectivity index (χ3v) is 1.30. The lowest BCUT2D eigenvalue weighted by Gasteiger charge is -1.97. The smallest absolute Gasteiger partial charge is 0.211 e. The summed E-state index contributed by atoms with van der Waals surface area (Å²) in [5.41, 5.74) is 0.698. The monoisotopic (exact) mass is 153 g/mol. The topological polar surface area (TPSA) is 29.1 Å². The number of halogens is 1. The molecule has 0 heterocycles. The Morgan fingerprint density at radius 2 is 2.36 bits per heavy atom. The van der Waals surface area contributed by atoms with Gasteiger partial charge in [0, 0.05) is 12.1 Å². The van der Waals surface area contributed by atoms with Crippen molar-refractivity contribution in [1.29, 1.82) is 0 Å². The molecular formula is C8H8FNO. The van der Waals surface area contributed by atoms with Crippen molar-refractivity contribution in [2.75, 3.05) is 0 Å². The highest BCUT2D eigenvalue weighted by atomic mass is 19.1. The second-order valence-electron chi connectivity index (χ2n) is 2.11. The number of hydrogen-bond acceptors (Lipinski definition) is 1. The van der Waals surface area contributed by atoms with Crippen LogP contribution < -0.4 is 5.32 Å². The van der Waals surface area contributed by atoms with Crippen molar-refractivity contribution in [1.82, 2.24) is 5.32 Å². The van der Waals surface area contributed by atoms with Crippen molar-refractivity contribution < 1.29 is 9.18 Å². The second-order valence-corrected chi connectivity index (χ2v) is 2.11. The van der Waals surface area contributed by atoms with Crippen molar-refractivity contribution in [2.45, 2.75) is 6.42 Å². The quantitative estimate of drug-likeness (QED) is 0.597. The number of amides is 1. The maximum absolute atomic E-state index is 12.5. The molecule has 2 nitrogen and oxygen atoms in total. The zero-order chi connectivity index (χ0) is 8.10. The van der Waals surface area contributed by atoms with Crippen LogP contribution in [0.25, 0.3) is 0 Å². The van der Waals surface area contributed by atoms with Gasteiger partial charge < -0.3 is 5.32 Å². The molecule has 0 spiro atoms. The van der Waals surface area contributed by atoms with Gasteiger partial charge in [0.25, 0.3) is 0 Å². The Morgan fingerprint density at radius 3 is 3.09 bits per heavy atom.